The Morgan fingerprint density at radius 3 is 2.14 bits per heavy atom. The smallest absolute Gasteiger partial charge is 0.170 e. The lowest BCUT2D eigenvalue weighted by molar-refractivity contribution is -0.121. The number of hydrogen-bond donors (Lipinski definition) is 0. The summed E-state index contributed by atoms with van der Waals surface area (Å²) in [6, 6.07) is 17.3. The van der Waals surface area contributed by atoms with Gasteiger partial charge in [0, 0.05) is 6.42 Å². The molecule has 0 spiro atoms. The van der Waals surface area contributed by atoms with Gasteiger partial charge < -0.3 is 9.47 Å². The number of benzene rings is 2. The van der Waals surface area contributed by atoms with E-state index in [1.54, 1.807) is 0 Å². The lowest BCUT2D eigenvalue weighted by atomic mass is 10.2. The second kappa shape index (κ2) is 8.10. The Morgan fingerprint density at radius 1 is 0.905 bits per heavy atom. The molecule has 110 valence electrons. The summed E-state index contributed by atoms with van der Waals surface area (Å²) in [5.41, 5.74) is 1.13. The Labute approximate surface area is 125 Å². The summed E-state index contributed by atoms with van der Waals surface area (Å²) in [5.74, 6) is 1.60. The third-order valence-electron chi connectivity index (χ3n) is 3.00. The van der Waals surface area contributed by atoms with E-state index >= 15 is 0 Å². The Balaban J connectivity index is 1.80. The molecule has 0 aliphatic carbocycles. The minimum Gasteiger partial charge on any atom is -0.489 e. The highest BCUT2D eigenvalue weighted by Gasteiger charge is 2.02. The lowest BCUT2D eigenvalue weighted by Crippen LogP contribution is -2.10. The Bertz CT molecular complexity index is 546. The van der Waals surface area contributed by atoms with Crippen LogP contribution in [0, 0.1) is 0 Å². The molecule has 2 aromatic rings. The molecular formula is C18H20O3. The Hall–Kier alpha value is -2.29. The summed E-state index contributed by atoms with van der Waals surface area (Å²) in [6.07, 6.45) is 1.42. The monoisotopic (exact) mass is 284 g/mol. The normalized spacial score (nSPS) is 10.1. The van der Waals surface area contributed by atoms with Crippen LogP contribution in [0.25, 0.3) is 0 Å². The van der Waals surface area contributed by atoms with E-state index in [9.17, 15) is 4.79 Å². The van der Waals surface area contributed by atoms with Gasteiger partial charge in [0.2, 0.25) is 0 Å². The third-order valence-corrected chi connectivity index (χ3v) is 3.00. The van der Waals surface area contributed by atoms with E-state index in [4.69, 9.17) is 9.47 Å². The summed E-state index contributed by atoms with van der Waals surface area (Å²) < 4.78 is 11.1. The van der Waals surface area contributed by atoms with E-state index in [0.717, 1.165) is 17.7 Å². The summed E-state index contributed by atoms with van der Waals surface area (Å²) in [6.45, 7) is 2.66. The second-order valence-corrected chi connectivity index (χ2v) is 4.82. The van der Waals surface area contributed by atoms with E-state index in [-0.39, 0.29) is 12.4 Å². The topological polar surface area (TPSA) is 35.5 Å². The van der Waals surface area contributed by atoms with Crippen molar-refractivity contribution in [3.63, 3.8) is 0 Å². The Morgan fingerprint density at radius 2 is 1.52 bits per heavy atom. The molecular weight excluding hydrogens is 264 g/mol. The lowest BCUT2D eigenvalue weighted by Gasteiger charge is -2.08. The zero-order valence-electron chi connectivity index (χ0n) is 12.2. The van der Waals surface area contributed by atoms with Crippen LogP contribution < -0.4 is 9.47 Å². The number of Topliss-reactive ketones (excluding diaryl/α,β-unsaturated/α-hetero) is 1. The van der Waals surface area contributed by atoms with Crippen molar-refractivity contribution in [3.05, 3.63) is 60.2 Å². The van der Waals surface area contributed by atoms with Gasteiger partial charge in [0.25, 0.3) is 0 Å². The highest BCUT2D eigenvalue weighted by Crippen LogP contribution is 2.18. The first-order valence-corrected chi connectivity index (χ1v) is 7.19. The van der Waals surface area contributed by atoms with E-state index in [0.29, 0.717) is 18.8 Å². The van der Waals surface area contributed by atoms with Crippen LogP contribution in [0.15, 0.2) is 54.6 Å². The standard InChI is InChI=1S/C18H20O3/c1-2-6-16(19)14-21-18-11-9-17(10-12-18)20-13-15-7-4-3-5-8-15/h3-5,7-12H,2,6,13-14H2,1H3. The van der Waals surface area contributed by atoms with Crippen LogP contribution in [0.3, 0.4) is 0 Å². The predicted octanol–water partition coefficient (Wildman–Crippen LogP) is 4.01. The molecule has 0 unspecified atom stereocenters. The van der Waals surface area contributed by atoms with Crippen LogP contribution in [0.2, 0.25) is 0 Å². The van der Waals surface area contributed by atoms with Crippen LogP contribution in [-0.2, 0) is 11.4 Å². The van der Waals surface area contributed by atoms with Gasteiger partial charge in [0.1, 0.15) is 24.7 Å². The molecule has 0 saturated carbocycles. The molecule has 2 aromatic carbocycles. The molecule has 0 atom stereocenters. The fraction of sp³-hybridized carbons (Fsp3) is 0.278. The van der Waals surface area contributed by atoms with Crippen LogP contribution >= 0.6 is 0 Å². The SMILES string of the molecule is CCCC(=O)COc1ccc(OCc2ccccc2)cc1. The van der Waals surface area contributed by atoms with E-state index in [1.807, 2.05) is 61.5 Å². The zero-order valence-corrected chi connectivity index (χ0v) is 12.2. The largest absolute Gasteiger partial charge is 0.489 e. The van der Waals surface area contributed by atoms with Gasteiger partial charge in [-0.05, 0) is 36.2 Å². The average Bonchev–Trinajstić information content (AvgIpc) is 2.53. The number of rotatable bonds is 8. The fourth-order valence-electron chi connectivity index (χ4n) is 1.89. The third kappa shape index (κ3) is 5.30. The molecule has 21 heavy (non-hydrogen) atoms. The summed E-state index contributed by atoms with van der Waals surface area (Å²) in [7, 11) is 0. The van der Waals surface area contributed by atoms with Crippen LogP contribution in [0.5, 0.6) is 11.5 Å². The maximum absolute atomic E-state index is 11.4. The van der Waals surface area contributed by atoms with Crippen molar-refractivity contribution in [3.8, 4) is 11.5 Å². The highest BCUT2D eigenvalue weighted by atomic mass is 16.5. The van der Waals surface area contributed by atoms with Gasteiger partial charge in [-0.2, -0.15) is 0 Å². The summed E-state index contributed by atoms with van der Waals surface area (Å²) >= 11 is 0. The second-order valence-electron chi connectivity index (χ2n) is 4.82. The minimum atomic E-state index is 0.127. The molecule has 0 bridgehead atoms. The zero-order chi connectivity index (χ0) is 14.9. The first kappa shape index (κ1) is 15.1. The predicted molar refractivity (Wildman–Crippen MR) is 82.6 cm³/mol. The molecule has 0 aliphatic heterocycles. The number of ketones is 1. The number of hydrogen-bond acceptors (Lipinski definition) is 3. The quantitative estimate of drug-likeness (QED) is 0.734. The molecule has 2 rings (SSSR count). The van der Waals surface area contributed by atoms with Gasteiger partial charge in [-0.3, -0.25) is 4.79 Å². The van der Waals surface area contributed by atoms with Crippen LogP contribution in [0.1, 0.15) is 25.3 Å². The molecule has 0 aliphatic rings. The molecule has 3 nitrogen and oxygen atoms in total. The maximum atomic E-state index is 11.4. The fourth-order valence-corrected chi connectivity index (χ4v) is 1.89. The van der Waals surface area contributed by atoms with Gasteiger partial charge in [-0.25, -0.2) is 0 Å². The molecule has 0 fully saturated rings. The van der Waals surface area contributed by atoms with E-state index < -0.39 is 0 Å². The molecule has 0 N–H and O–H groups in total. The minimum absolute atomic E-state index is 0.127. The van der Waals surface area contributed by atoms with Crippen molar-refractivity contribution in [2.45, 2.75) is 26.4 Å². The van der Waals surface area contributed by atoms with Crippen molar-refractivity contribution in [2.24, 2.45) is 0 Å². The van der Waals surface area contributed by atoms with Crippen molar-refractivity contribution >= 4 is 5.78 Å². The van der Waals surface area contributed by atoms with Gasteiger partial charge in [-0.1, -0.05) is 37.3 Å². The molecule has 0 amide bonds. The Kier molecular flexibility index (Phi) is 5.83. The van der Waals surface area contributed by atoms with Crippen molar-refractivity contribution in [1.29, 1.82) is 0 Å². The van der Waals surface area contributed by atoms with Crippen molar-refractivity contribution < 1.29 is 14.3 Å². The van der Waals surface area contributed by atoms with Gasteiger partial charge in [0.15, 0.2) is 5.78 Å². The first-order valence-electron chi connectivity index (χ1n) is 7.19. The van der Waals surface area contributed by atoms with Crippen LogP contribution in [-0.4, -0.2) is 12.4 Å². The number of ether oxygens (including phenoxy) is 2. The van der Waals surface area contributed by atoms with Crippen LogP contribution in [0.4, 0.5) is 0 Å². The summed E-state index contributed by atoms with van der Waals surface area (Å²) in [4.78, 5) is 11.4. The molecule has 0 radical (unpaired) electrons. The van der Waals surface area contributed by atoms with Gasteiger partial charge in [-0.15, -0.1) is 0 Å². The van der Waals surface area contributed by atoms with Crippen molar-refractivity contribution in [2.75, 3.05) is 6.61 Å². The highest BCUT2D eigenvalue weighted by molar-refractivity contribution is 5.79. The van der Waals surface area contributed by atoms with E-state index in [2.05, 4.69) is 0 Å². The van der Waals surface area contributed by atoms with E-state index in [1.165, 1.54) is 0 Å². The van der Waals surface area contributed by atoms with Gasteiger partial charge in [0.05, 0.1) is 0 Å². The van der Waals surface area contributed by atoms with Crippen molar-refractivity contribution in [1.82, 2.24) is 0 Å². The molecule has 0 saturated heterocycles. The maximum Gasteiger partial charge on any atom is 0.170 e. The molecule has 3 heteroatoms. The number of carbonyl (C=O) groups is 1. The first-order chi connectivity index (χ1) is 10.3. The molecule has 0 heterocycles. The number of carbonyl (C=O) groups excluding carboxylic acids is 1. The average molecular weight is 284 g/mol. The summed E-state index contributed by atoms with van der Waals surface area (Å²) in [5, 5.41) is 0. The molecule has 0 aromatic heterocycles. The van der Waals surface area contributed by atoms with Gasteiger partial charge >= 0.3 is 0 Å².